The Hall–Kier alpha value is -2.51. The van der Waals surface area contributed by atoms with Crippen LogP contribution in [0, 0.1) is 6.92 Å². The third-order valence-electron chi connectivity index (χ3n) is 3.55. The number of hydrogen-bond donors (Lipinski definition) is 0. The molecule has 0 unspecified atom stereocenters. The molecule has 1 aliphatic heterocycles. The van der Waals surface area contributed by atoms with Gasteiger partial charge in [-0.1, -0.05) is 0 Å². The van der Waals surface area contributed by atoms with Gasteiger partial charge in [0.15, 0.2) is 6.61 Å². The Morgan fingerprint density at radius 1 is 1.08 bits per heavy atom. The molecule has 138 valence electrons. The van der Waals surface area contributed by atoms with Crippen LogP contribution in [-0.2, 0) is 14.3 Å². The average Bonchev–Trinajstić information content (AvgIpc) is 2.97. The molecule has 1 aromatic rings. The molecule has 1 fully saturated rings. The predicted octanol–water partition coefficient (Wildman–Crippen LogP) is 1.82. The monoisotopic (exact) mass is 352 g/mol. The largest absolute Gasteiger partial charge is 0.454 e. The Morgan fingerprint density at radius 2 is 1.68 bits per heavy atom. The topological polar surface area (TPSA) is 89.3 Å². The second-order valence-corrected chi connectivity index (χ2v) is 6.83. The molecule has 25 heavy (non-hydrogen) atoms. The summed E-state index contributed by atoms with van der Waals surface area (Å²) < 4.78 is 15.4. The second kappa shape index (κ2) is 7.58. The van der Waals surface area contributed by atoms with Gasteiger partial charge in [0.1, 0.15) is 11.4 Å². The highest BCUT2D eigenvalue weighted by Crippen LogP contribution is 2.12. The zero-order valence-electron chi connectivity index (χ0n) is 15.0. The van der Waals surface area contributed by atoms with E-state index in [1.165, 1.54) is 6.07 Å². The van der Waals surface area contributed by atoms with E-state index >= 15 is 0 Å². The Kier molecular flexibility index (Phi) is 5.71. The number of rotatable bonds is 3. The summed E-state index contributed by atoms with van der Waals surface area (Å²) in [5.41, 5.74) is -0.553. The molecule has 0 radical (unpaired) electrons. The molecule has 2 rings (SSSR count). The highest BCUT2D eigenvalue weighted by atomic mass is 16.6. The Morgan fingerprint density at radius 3 is 2.20 bits per heavy atom. The van der Waals surface area contributed by atoms with Gasteiger partial charge in [-0.3, -0.25) is 4.79 Å². The summed E-state index contributed by atoms with van der Waals surface area (Å²) in [4.78, 5) is 39.0. The fraction of sp³-hybridized carbons (Fsp3) is 0.588. The maximum Gasteiger partial charge on any atom is 0.410 e. The number of nitrogens with zero attached hydrogens (tertiary/aromatic N) is 2. The van der Waals surface area contributed by atoms with E-state index < -0.39 is 11.6 Å². The van der Waals surface area contributed by atoms with Gasteiger partial charge in [0, 0.05) is 26.2 Å². The molecule has 0 aromatic carbocycles. The first-order valence-electron chi connectivity index (χ1n) is 8.15. The summed E-state index contributed by atoms with van der Waals surface area (Å²) in [5, 5.41) is 0. The molecule has 8 heteroatoms. The van der Waals surface area contributed by atoms with Gasteiger partial charge in [0.25, 0.3) is 5.91 Å². The van der Waals surface area contributed by atoms with Gasteiger partial charge < -0.3 is 23.7 Å². The average molecular weight is 352 g/mol. The SMILES string of the molecule is Cc1ccc(C(=O)OCC(=O)N2CCN(C(=O)OC(C)(C)C)CC2)o1. The quantitative estimate of drug-likeness (QED) is 0.771. The lowest BCUT2D eigenvalue weighted by Gasteiger charge is -2.35. The molecule has 0 spiro atoms. The third kappa shape index (κ3) is 5.51. The first-order valence-corrected chi connectivity index (χ1v) is 8.15. The lowest BCUT2D eigenvalue weighted by molar-refractivity contribution is -0.136. The van der Waals surface area contributed by atoms with Gasteiger partial charge in [0.2, 0.25) is 5.76 Å². The van der Waals surface area contributed by atoms with E-state index in [9.17, 15) is 14.4 Å². The fourth-order valence-corrected chi connectivity index (χ4v) is 2.30. The number of furan rings is 1. The number of ether oxygens (including phenoxy) is 2. The highest BCUT2D eigenvalue weighted by Gasteiger charge is 2.28. The van der Waals surface area contributed by atoms with E-state index in [1.54, 1.807) is 43.6 Å². The molecule has 0 aliphatic carbocycles. The minimum atomic E-state index is -0.672. The van der Waals surface area contributed by atoms with E-state index in [1.807, 2.05) is 0 Å². The highest BCUT2D eigenvalue weighted by molar-refractivity contribution is 5.88. The van der Waals surface area contributed by atoms with E-state index in [-0.39, 0.29) is 24.4 Å². The Balaban J connectivity index is 1.75. The van der Waals surface area contributed by atoms with Crippen LogP contribution in [0.15, 0.2) is 16.5 Å². The number of amides is 2. The van der Waals surface area contributed by atoms with Crippen molar-refractivity contribution in [1.82, 2.24) is 9.80 Å². The van der Waals surface area contributed by atoms with E-state index in [0.717, 1.165) is 0 Å². The standard InChI is InChI=1S/C17H24N2O6/c1-12-5-6-13(24-12)15(21)23-11-14(20)18-7-9-19(10-8-18)16(22)25-17(2,3)4/h5-6H,7-11H2,1-4H3. The van der Waals surface area contributed by atoms with Crippen LogP contribution in [0.25, 0.3) is 0 Å². The van der Waals surface area contributed by atoms with Gasteiger partial charge >= 0.3 is 12.1 Å². The summed E-state index contributed by atoms with van der Waals surface area (Å²) in [6.07, 6.45) is -0.390. The van der Waals surface area contributed by atoms with Crippen molar-refractivity contribution < 1.29 is 28.3 Å². The zero-order valence-corrected chi connectivity index (χ0v) is 15.0. The van der Waals surface area contributed by atoms with Crippen molar-refractivity contribution in [2.24, 2.45) is 0 Å². The summed E-state index contributed by atoms with van der Waals surface area (Å²) >= 11 is 0. The number of aryl methyl sites for hydroxylation is 1. The van der Waals surface area contributed by atoms with E-state index in [4.69, 9.17) is 13.9 Å². The van der Waals surface area contributed by atoms with Gasteiger partial charge in [-0.2, -0.15) is 0 Å². The maximum atomic E-state index is 12.1. The van der Waals surface area contributed by atoms with Crippen molar-refractivity contribution in [3.8, 4) is 0 Å². The smallest absolute Gasteiger partial charge is 0.410 e. The lowest BCUT2D eigenvalue weighted by Crippen LogP contribution is -2.52. The van der Waals surface area contributed by atoms with Crippen molar-refractivity contribution in [1.29, 1.82) is 0 Å². The summed E-state index contributed by atoms with van der Waals surface area (Å²) in [7, 11) is 0. The molecule has 2 amide bonds. The number of hydrogen-bond acceptors (Lipinski definition) is 6. The van der Waals surface area contributed by atoms with Crippen LogP contribution >= 0.6 is 0 Å². The first kappa shape index (κ1) is 18.8. The predicted molar refractivity (Wildman–Crippen MR) is 88.1 cm³/mol. The second-order valence-electron chi connectivity index (χ2n) is 6.83. The molecular weight excluding hydrogens is 328 g/mol. The van der Waals surface area contributed by atoms with Crippen molar-refractivity contribution in [2.75, 3.05) is 32.8 Å². The zero-order chi connectivity index (χ0) is 18.6. The molecule has 0 bridgehead atoms. The van der Waals surface area contributed by atoms with Gasteiger partial charge in [0.05, 0.1) is 0 Å². The van der Waals surface area contributed by atoms with Gasteiger partial charge in [-0.05, 0) is 39.8 Å². The normalized spacial score (nSPS) is 15.0. The Bertz CT molecular complexity index is 638. The number of carbonyl (C=O) groups excluding carboxylic acids is 3. The van der Waals surface area contributed by atoms with Crippen LogP contribution in [0.1, 0.15) is 37.1 Å². The molecule has 2 heterocycles. The molecular formula is C17H24N2O6. The number of esters is 1. The number of carbonyl (C=O) groups is 3. The van der Waals surface area contributed by atoms with Gasteiger partial charge in [-0.25, -0.2) is 9.59 Å². The Labute approximate surface area is 146 Å². The molecule has 1 saturated heterocycles. The number of piperazine rings is 1. The molecule has 0 N–H and O–H groups in total. The van der Waals surface area contributed by atoms with Crippen LogP contribution < -0.4 is 0 Å². The van der Waals surface area contributed by atoms with Crippen molar-refractivity contribution in [3.63, 3.8) is 0 Å². The lowest BCUT2D eigenvalue weighted by atomic mass is 10.2. The third-order valence-corrected chi connectivity index (χ3v) is 3.55. The van der Waals surface area contributed by atoms with Gasteiger partial charge in [-0.15, -0.1) is 0 Å². The molecule has 0 atom stereocenters. The summed E-state index contributed by atoms with van der Waals surface area (Å²) in [6.45, 7) is 8.28. The first-order chi connectivity index (χ1) is 11.7. The van der Waals surface area contributed by atoms with Crippen LogP contribution in [0.2, 0.25) is 0 Å². The fourth-order valence-electron chi connectivity index (χ4n) is 2.30. The van der Waals surface area contributed by atoms with E-state index in [2.05, 4.69) is 0 Å². The van der Waals surface area contributed by atoms with Crippen LogP contribution in [0.5, 0.6) is 0 Å². The minimum Gasteiger partial charge on any atom is -0.454 e. The minimum absolute atomic E-state index is 0.0695. The van der Waals surface area contributed by atoms with E-state index in [0.29, 0.717) is 31.9 Å². The van der Waals surface area contributed by atoms with Crippen molar-refractivity contribution in [3.05, 3.63) is 23.7 Å². The molecule has 1 aromatic heterocycles. The summed E-state index contributed by atoms with van der Waals surface area (Å²) in [6, 6.07) is 3.15. The van der Waals surface area contributed by atoms with Crippen LogP contribution in [0.4, 0.5) is 4.79 Å². The van der Waals surface area contributed by atoms with Crippen LogP contribution in [-0.4, -0.2) is 66.2 Å². The summed E-state index contributed by atoms with van der Waals surface area (Å²) in [5.74, 6) is -0.314. The maximum absolute atomic E-state index is 12.1. The van der Waals surface area contributed by atoms with Crippen molar-refractivity contribution in [2.45, 2.75) is 33.3 Å². The van der Waals surface area contributed by atoms with Crippen LogP contribution in [0.3, 0.4) is 0 Å². The molecule has 8 nitrogen and oxygen atoms in total. The van der Waals surface area contributed by atoms with Crippen molar-refractivity contribution >= 4 is 18.0 Å². The molecule has 0 saturated carbocycles. The molecule has 1 aliphatic rings.